The monoisotopic (exact) mass is 389 g/mol. The van der Waals surface area contributed by atoms with Crippen molar-refractivity contribution in [3.05, 3.63) is 59.7 Å². The van der Waals surface area contributed by atoms with Crippen molar-refractivity contribution in [1.82, 2.24) is 5.32 Å². The highest BCUT2D eigenvalue weighted by Gasteiger charge is 2.19. The lowest BCUT2D eigenvalue weighted by atomic mass is 10.1. The molecule has 0 aliphatic rings. The first-order chi connectivity index (χ1) is 12.4. The summed E-state index contributed by atoms with van der Waals surface area (Å²) < 4.78 is 0. The quantitative estimate of drug-likeness (QED) is 0.632. The molecule has 2 rings (SSSR count). The molecular weight excluding hydrogens is 366 g/mol. The molecule has 4 nitrogen and oxygen atoms in total. The number of thioether (sulfide) groups is 2. The van der Waals surface area contributed by atoms with Crippen molar-refractivity contribution in [3.8, 4) is 0 Å². The molecule has 138 valence electrons. The summed E-state index contributed by atoms with van der Waals surface area (Å²) in [5, 5.41) is 11.5. The minimum Gasteiger partial charge on any atom is -0.480 e. The van der Waals surface area contributed by atoms with Crippen LogP contribution in [-0.2, 0) is 4.79 Å². The molecule has 0 aliphatic carbocycles. The first kappa shape index (κ1) is 20.4. The third-order valence-electron chi connectivity index (χ3n) is 3.82. The van der Waals surface area contributed by atoms with Gasteiger partial charge in [0.1, 0.15) is 5.25 Å². The minimum atomic E-state index is -0.899. The van der Waals surface area contributed by atoms with Crippen LogP contribution in [0.2, 0.25) is 0 Å². The van der Waals surface area contributed by atoms with Gasteiger partial charge in [-0.2, -0.15) is 0 Å². The van der Waals surface area contributed by atoms with E-state index in [2.05, 4.69) is 24.4 Å². The Bertz CT molecular complexity index is 762. The summed E-state index contributed by atoms with van der Waals surface area (Å²) in [7, 11) is 0. The molecule has 2 unspecified atom stereocenters. The summed E-state index contributed by atoms with van der Waals surface area (Å²) in [4.78, 5) is 25.7. The predicted molar refractivity (Wildman–Crippen MR) is 108 cm³/mol. The highest BCUT2D eigenvalue weighted by molar-refractivity contribution is 8.00. The Kier molecular flexibility index (Phi) is 7.60. The Hall–Kier alpha value is -1.92. The van der Waals surface area contributed by atoms with Gasteiger partial charge in [0.05, 0.1) is 11.6 Å². The zero-order valence-electron chi connectivity index (χ0n) is 15.1. The van der Waals surface area contributed by atoms with Crippen molar-refractivity contribution in [1.29, 1.82) is 0 Å². The number of nitrogens with one attached hydrogen (secondary N) is 1. The number of carboxylic acids is 1. The van der Waals surface area contributed by atoms with Crippen LogP contribution >= 0.6 is 23.5 Å². The molecule has 2 atom stereocenters. The van der Waals surface area contributed by atoms with Crippen molar-refractivity contribution in [3.63, 3.8) is 0 Å². The van der Waals surface area contributed by atoms with Gasteiger partial charge in [-0.3, -0.25) is 9.59 Å². The van der Waals surface area contributed by atoms with Crippen LogP contribution in [0.4, 0.5) is 0 Å². The molecule has 0 heterocycles. The smallest absolute Gasteiger partial charge is 0.316 e. The fourth-order valence-corrected chi connectivity index (χ4v) is 3.96. The molecular formula is C20H23NO3S2. The summed E-state index contributed by atoms with van der Waals surface area (Å²) >= 11 is 2.95. The maximum Gasteiger partial charge on any atom is 0.316 e. The highest BCUT2D eigenvalue weighted by atomic mass is 32.2. The number of aliphatic carboxylic acids is 1. The van der Waals surface area contributed by atoms with E-state index >= 15 is 0 Å². The van der Waals surface area contributed by atoms with Crippen molar-refractivity contribution in [2.24, 2.45) is 0 Å². The number of carboxylic acid groups (broad SMARTS) is 1. The van der Waals surface area contributed by atoms with Gasteiger partial charge < -0.3 is 10.4 Å². The van der Waals surface area contributed by atoms with E-state index < -0.39 is 11.2 Å². The molecule has 1 amide bonds. The molecule has 2 aromatic rings. The van der Waals surface area contributed by atoms with E-state index in [-0.39, 0.29) is 11.9 Å². The summed E-state index contributed by atoms with van der Waals surface area (Å²) in [6.45, 7) is 5.66. The summed E-state index contributed by atoms with van der Waals surface area (Å²) in [5.41, 5.74) is 1.53. The normalized spacial score (nSPS) is 13.0. The lowest BCUT2D eigenvalue weighted by Crippen LogP contribution is -2.27. The van der Waals surface area contributed by atoms with E-state index in [0.717, 1.165) is 11.3 Å². The second-order valence-electron chi connectivity index (χ2n) is 5.79. The number of rotatable bonds is 8. The summed E-state index contributed by atoms with van der Waals surface area (Å²) in [6, 6.07) is 15.1. The molecule has 0 spiro atoms. The van der Waals surface area contributed by atoms with E-state index in [1.807, 2.05) is 19.1 Å². The largest absolute Gasteiger partial charge is 0.480 e. The van der Waals surface area contributed by atoms with Crippen molar-refractivity contribution >= 4 is 35.4 Å². The van der Waals surface area contributed by atoms with Crippen LogP contribution in [0, 0.1) is 0 Å². The van der Waals surface area contributed by atoms with Gasteiger partial charge in [0.2, 0.25) is 0 Å². The topological polar surface area (TPSA) is 66.4 Å². The number of amides is 1. The molecule has 0 saturated heterocycles. The van der Waals surface area contributed by atoms with Crippen LogP contribution in [0.15, 0.2) is 58.3 Å². The van der Waals surface area contributed by atoms with Crippen LogP contribution in [-0.4, -0.2) is 28.0 Å². The molecule has 0 saturated carbocycles. The predicted octanol–water partition coefficient (Wildman–Crippen LogP) is 4.85. The van der Waals surface area contributed by atoms with Crippen LogP contribution in [0.25, 0.3) is 0 Å². The second-order valence-corrected chi connectivity index (χ2v) is 8.51. The number of carbonyl (C=O) groups excluding carboxylic acids is 1. The van der Waals surface area contributed by atoms with Crippen molar-refractivity contribution < 1.29 is 14.7 Å². The zero-order chi connectivity index (χ0) is 19.1. The van der Waals surface area contributed by atoms with Crippen LogP contribution in [0.3, 0.4) is 0 Å². The lowest BCUT2D eigenvalue weighted by molar-refractivity contribution is -0.136. The van der Waals surface area contributed by atoms with Gasteiger partial charge >= 0.3 is 5.97 Å². The minimum absolute atomic E-state index is 0.141. The number of hydrogen-bond donors (Lipinski definition) is 2. The fourth-order valence-electron chi connectivity index (χ4n) is 2.37. The van der Waals surface area contributed by atoms with Crippen LogP contribution in [0.1, 0.15) is 42.7 Å². The van der Waals surface area contributed by atoms with E-state index in [4.69, 9.17) is 5.11 Å². The lowest BCUT2D eigenvalue weighted by Gasteiger charge is -2.17. The maximum atomic E-state index is 12.7. The Labute approximate surface area is 162 Å². The van der Waals surface area contributed by atoms with Gasteiger partial charge in [0, 0.05) is 9.79 Å². The summed E-state index contributed by atoms with van der Waals surface area (Å²) in [5.74, 6) is -0.0803. The van der Waals surface area contributed by atoms with Gasteiger partial charge in [-0.05, 0) is 49.4 Å². The molecule has 26 heavy (non-hydrogen) atoms. The van der Waals surface area contributed by atoms with E-state index in [0.29, 0.717) is 10.5 Å². The van der Waals surface area contributed by atoms with Gasteiger partial charge in [-0.15, -0.1) is 23.5 Å². The van der Waals surface area contributed by atoms with Gasteiger partial charge in [0.25, 0.3) is 5.91 Å². The third kappa shape index (κ3) is 5.54. The Morgan fingerprint density at radius 1 is 1.08 bits per heavy atom. The SMILES string of the molecule is CCSc1ccc(C(C)NC(=O)c2ccccc2SC(C)C(=O)O)cc1. The Morgan fingerprint density at radius 2 is 1.73 bits per heavy atom. The molecule has 0 aromatic heterocycles. The Balaban J connectivity index is 2.10. The number of carbonyl (C=O) groups is 2. The Morgan fingerprint density at radius 3 is 2.35 bits per heavy atom. The van der Waals surface area contributed by atoms with Crippen LogP contribution < -0.4 is 5.32 Å². The molecule has 0 bridgehead atoms. The molecule has 2 N–H and O–H groups in total. The second kappa shape index (κ2) is 9.69. The first-order valence-electron chi connectivity index (χ1n) is 8.44. The molecule has 6 heteroatoms. The summed E-state index contributed by atoms with van der Waals surface area (Å²) in [6.07, 6.45) is 0. The van der Waals surface area contributed by atoms with Crippen molar-refractivity contribution in [2.75, 3.05) is 5.75 Å². The molecule has 0 fully saturated rings. The molecule has 0 radical (unpaired) electrons. The van der Waals surface area contributed by atoms with E-state index in [9.17, 15) is 9.59 Å². The van der Waals surface area contributed by atoms with E-state index in [1.54, 1.807) is 43.0 Å². The average Bonchev–Trinajstić information content (AvgIpc) is 2.62. The molecule has 0 aliphatic heterocycles. The number of benzene rings is 2. The molecule has 2 aromatic carbocycles. The fraction of sp³-hybridized carbons (Fsp3) is 0.300. The maximum absolute atomic E-state index is 12.7. The van der Waals surface area contributed by atoms with Crippen LogP contribution in [0.5, 0.6) is 0 Å². The standard InChI is InChI=1S/C20H23NO3S2/c1-4-25-16-11-9-15(10-12-16)13(2)21-19(22)17-7-5-6-8-18(17)26-14(3)20(23)24/h5-14H,4H2,1-3H3,(H,21,22)(H,23,24). The third-order valence-corrected chi connectivity index (χ3v) is 5.88. The van der Waals surface area contributed by atoms with Gasteiger partial charge in [-0.1, -0.05) is 31.2 Å². The van der Waals surface area contributed by atoms with Crippen molar-refractivity contribution in [2.45, 2.75) is 41.9 Å². The van der Waals surface area contributed by atoms with Gasteiger partial charge in [0.15, 0.2) is 0 Å². The van der Waals surface area contributed by atoms with E-state index in [1.165, 1.54) is 16.7 Å². The zero-order valence-corrected chi connectivity index (χ0v) is 16.7. The first-order valence-corrected chi connectivity index (χ1v) is 10.3. The highest BCUT2D eigenvalue weighted by Crippen LogP contribution is 2.28. The average molecular weight is 390 g/mol. The van der Waals surface area contributed by atoms with Gasteiger partial charge in [-0.25, -0.2) is 0 Å². The number of hydrogen-bond acceptors (Lipinski definition) is 4.